The van der Waals surface area contributed by atoms with Gasteiger partial charge >= 0.3 is 6.36 Å². The van der Waals surface area contributed by atoms with E-state index in [0.717, 1.165) is 16.5 Å². The van der Waals surface area contributed by atoms with E-state index in [2.05, 4.69) is 19.9 Å². The number of rotatable bonds is 5. The van der Waals surface area contributed by atoms with E-state index >= 15 is 0 Å². The molecule has 0 aliphatic carbocycles. The van der Waals surface area contributed by atoms with Gasteiger partial charge in [-0.15, -0.1) is 23.4 Å². The number of fused-ring (bicyclic) bond motifs is 1. The minimum absolute atomic E-state index is 0.169. The number of nitrogens with zero attached hydrogens (tertiary/aromatic N) is 2. The first kappa shape index (κ1) is 18.1. The molecule has 0 amide bonds. The van der Waals surface area contributed by atoms with Crippen molar-refractivity contribution >= 4 is 10.9 Å². The number of halogens is 3. The number of para-hydroxylation sites is 1. The fraction of sp³-hybridized carbons (Fsp3) is 0.158. The minimum Gasteiger partial charge on any atom is -0.419 e. The van der Waals surface area contributed by atoms with Gasteiger partial charge in [0.15, 0.2) is 0 Å². The van der Waals surface area contributed by atoms with Crippen LogP contribution in [0.25, 0.3) is 22.4 Å². The van der Waals surface area contributed by atoms with Crippen LogP contribution >= 0.6 is 0 Å². The lowest BCUT2D eigenvalue weighted by molar-refractivity contribution is -0.274. The summed E-state index contributed by atoms with van der Waals surface area (Å²) in [5.41, 5.74) is 8.71. The standard InChI is InChI=1S/C19H15F3N4O2/c20-19(21,22)28-13-7-5-11(6-8-13)17-25-26-18(27-17)15(23)9-12-10-24-16-4-2-1-3-14(12)16/h1-8,10,15,24H,9,23H2/t15-/m1/s1. The second kappa shape index (κ2) is 7.01. The molecule has 4 rings (SSSR count). The fourth-order valence-corrected chi connectivity index (χ4v) is 2.92. The van der Waals surface area contributed by atoms with Crippen LogP contribution in [-0.4, -0.2) is 21.5 Å². The summed E-state index contributed by atoms with van der Waals surface area (Å²) in [6.45, 7) is 0. The highest BCUT2D eigenvalue weighted by atomic mass is 19.4. The summed E-state index contributed by atoms with van der Waals surface area (Å²) in [7, 11) is 0. The largest absolute Gasteiger partial charge is 0.573 e. The molecule has 2 aromatic carbocycles. The van der Waals surface area contributed by atoms with Crippen LogP contribution in [0.1, 0.15) is 17.5 Å². The first-order valence-electron chi connectivity index (χ1n) is 8.39. The van der Waals surface area contributed by atoms with Crippen LogP contribution in [0.2, 0.25) is 0 Å². The zero-order valence-corrected chi connectivity index (χ0v) is 14.4. The highest BCUT2D eigenvalue weighted by Gasteiger charge is 2.31. The van der Waals surface area contributed by atoms with Gasteiger partial charge in [-0.1, -0.05) is 18.2 Å². The number of ether oxygens (including phenoxy) is 1. The summed E-state index contributed by atoms with van der Waals surface area (Å²) < 4.78 is 46.1. The third-order valence-electron chi connectivity index (χ3n) is 4.21. The van der Waals surface area contributed by atoms with Crippen LogP contribution in [0.5, 0.6) is 5.75 Å². The lowest BCUT2D eigenvalue weighted by Crippen LogP contribution is -2.16. The molecule has 0 aliphatic heterocycles. The van der Waals surface area contributed by atoms with Crippen molar-refractivity contribution in [2.24, 2.45) is 5.73 Å². The number of aromatic amines is 1. The molecule has 1 atom stereocenters. The zero-order valence-electron chi connectivity index (χ0n) is 14.4. The Kier molecular flexibility index (Phi) is 4.52. The second-order valence-electron chi connectivity index (χ2n) is 6.19. The number of nitrogens with two attached hydrogens (primary N) is 1. The molecule has 28 heavy (non-hydrogen) atoms. The molecule has 0 unspecified atom stereocenters. The third-order valence-corrected chi connectivity index (χ3v) is 4.21. The van der Waals surface area contributed by atoms with E-state index in [1.807, 2.05) is 30.5 Å². The molecular formula is C19H15F3N4O2. The van der Waals surface area contributed by atoms with Gasteiger partial charge in [-0.25, -0.2) is 0 Å². The Bertz CT molecular complexity index is 1090. The van der Waals surface area contributed by atoms with E-state index in [4.69, 9.17) is 10.2 Å². The Morgan fingerprint density at radius 3 is 2.57 bits per heavy atom. The smallest absolute Gasteiger partial charge is 0.419 e. The summed E-state index contributed by atoms with van der Waals surface area (Å²) in [4.78, 5) is 3.18. The lowest BCUT2D eigenvalue weighted by atomic mass is 10.1. The molecule has 4 aromatic rings. The van der Waals surface area contributed by atoms with Crippen molar-refractivity contribution in [1.82, 2.24) is 15.2 Å². The summed E-state index contributed by atoms with van der Waals surface area (Å²) in [5.74, 6) is 0.0888. The monoisotopic (exact) mass is 388 g/mol. The molecule has 0 fully saturated rings. The van der Waals surface area contributed by atoms with Crippen LogP contribution in [0, 0.1) is 0 Å². The highest BCUT2D eigenvalue weighted by Crippen LogP contribution is 2.28. The van der Waals surface area contributed by atoms with Gasteiger partial charge < -0.3 is 19.9 Å². The molecule has 0 spiro atoms. The van der Waals surface area contributed by atoms with Crippen LogP contribution in [0.3, 0.4) is 0 Å². The average molecular weight is 388 g/mol. The Morgan fingerprint density at radius 1 is 1.07 bits per heavy atom. The molecule has 9 heteroatoms. The van der Waals surface area contributed by atoms with Gasteiger partial charge in [0.25, 0.3) is 0 Å². The maximum atomic E-state index is 12.2. The molecule has 0 bridgehead atoms. The van der Waals surface area contributed by atoms with Gasteiger partial charge in [0, 0.05) is 22.7 Å². The summed E-state index contributed by atoms with van der Waals surface area (Å²) in [5, 5.41) is 8.98. The summed E-state index contributed by atoms with van der Waals surface area (Å²) >= 11 is 0. The molecule has 3 N–H and O–H groups in total. The van der Waals surface area contributed by atoms with Crippen LogP contribution in [0.15, 0.2) is 59.1 Å². The zero-order chi connectivity index (χ0) is 19.7. The van der Waals surface area contributed by atoms with E-state index in [0.29, 0.717) is 12.0 Å². The fourth-order valence-electron chi connectivity index (χ4n) is 2.92. The first-order valence-corrected chi connectivity index (χ1v) is 8.39. The molecule has 144 valence electrons. The van der Waals surface area contributed by atoms with Crippen molar-refractivity contribution in [1.29, 1.82) is 0 Å². The predicted octanol–water partition coefficient (Wildman–Crippen LogP) is 4.36. The number of alkyl halides is 3. The average Bonchev–Trinajstić information content (AvgIpc) is 3.29. The third kappa shape index (κ3) is 3.84. The molecule has 2 heterocycles. The Hall–Kier alpha value is -3.33. The molecule has 0 saturated heterocycles. The Balaban J connectivity index is 1.49. The highest BCUT2D eigenvalue weighted by molar-refractivity contribution is 5.83. The minimum atomic E-state index is -4.74. The number of H-pyrrole nitrogens is 1. The molecule has 2 aromatic heterocycles. The lowest BCUT2D eigenvalue weighted by Gasteiger charge is -2.08. The van der Waals surface area contributed by atoms with Gasteiger partial charge in [-0.05, 0) is 42.3 Å². The van der Waals surface area contributed by atoms with E-state index in [-0.39, 0.29) is 17.5 Å². The van der Waals surface area contributed by atoms with Crippen molar-refractivity contribution in [2.75, 3.05) is 0 Å². The van der Waals surface area contributed by atoms with Gasteiger partial charge in [-0.2, -0.15) is 0 Å². The number of hydrogen-bond acceptors (Lipinski definition) is 5. The van der Waals surface area contributed by atoms with Crippen LogP contribution in [0.4, 0.5) is 13.2 Å². The Morgan fingerprint density at radius 2 is 1.82 bits per heavy atom. The Labute approximate surface area is 157 Å². The molecule has 0 radical (unpaired) electrons. The summed E-state index contributed by atoms with van der Waals surface area (Å²) in [6, 6.07) is 12.5. The maximum absolute atomic E-state index is 12.2. The molecule has 0 aliphatic rings. The van der Waals surface area contributed by atoms with Gasteiger partial charge in [0.2, 0.25) is 11.8 Å². The number of hydrogen-bond donors (Lipinski definition) is 2. The van der Waals surface area contributed by atoms with E-state index < -0.39 is 12.4 Å². The predicted molar refractivity (Wildman–Crippen MR) is 95.3 cm³/mol. The SMILES string of the molecule is N[C@H](Cc1c[nH]c2ccccc12)c1nnc(-c2ccc(OC(F)(F)F)cc2)o1. The van der Waals surface area contributed by atoms with Crippen molar-refractivity contribution in [3.63, 3.8) is 0 Å². The topological polar surface area (TPSA) is 90.0 Å². The van der Waals surface area contributed by atoms with Crippen molar-refractivity contribution in [3.8, 4) is 17.2 Å². The molecular weight excluding hydrogens is 373 g/mol. The van der Waals surface area contributed by atoms with Crippen LogP contribution in [-0.2, 0) is 6.42 Å². The molecule has 0 saturated carbocycles. The maximum Gasteiger partial charge on any atom is 0.573 e. The van der Waals surface area contributed by atoms with E-state index in [9.17, 15) is 13.2 Å². The second-order valence-corrected chi connectivity index (χ2v) is 6.19. The van der Waals surface area contributed by atoms with Crippen molar-refractivity contribution in [3.05, 3.63) is 66.2 Å². The van der Waals surface area contributed by atoms with Crippen LogP contribution < -0.4 is 10.5 Å². The molecule has 6 nitrogen and oxygen atoms in total. The van der Waals surface area contributed by atoms with Crippen molar-refractivity contribution < 1.29 is 22.3 Å². The number of nitrogens with one attached hydrogen (secondary N) is 1. The quantitative estimate of drug-likeness (QED) is 0.530. The van der Waals surface area contributed by atoms with E-state index in [1.54, 1.807) is 0 Å². The van der Waals surface area contributed by atoms with E-state index in [1.165, 1.54) is 24.3 Å². The number of benzene rings is 2. The van der Waals surface area contributed by atoms with Gasteiger partial charge in [0.1, 0.15) is 5.75 Å². The van der Waals surface area contributed by atoms with Gasteiger partial charge in [-0.3, -0.25) is 0 Å². The first-order chi connectivity index (χ1) is 13.4. The van der Waals surface area contributed by atoms with Gasteiger partial charge in [0.05, 0.1) is 6.04 Å². The number of aromatic nitrogens is 3. The normalized spacial score (nSPS) is 13.0. The summed E-state index contributed by atoms with van der Waals surface area (Å²) in [6.07, 6.45) is -2.36. The van der Waals surface area contributed by atoms with Crippen molar-refractivity contribution in [2.45, 2.75) is 18.8 Å².